The first-order valence-electron chi connectivity index (χ1n) is 11.1. The van der Waals surface area contributed by atoms with Crippen molar-refractivity contribution >= 4 is 59.4 Å². The number of benzene rings is 3. The number of hydrogen-bond donors (Lipinski definition) is 0. The molecule has 2 heterocycles. The van der Waals surface area contributed by atoms with Gasteiger partial charge >= 0.3 is 0 Å². The summed E-state index contributed by atoms with van der Waals surface area (Å²) in [5.41, 5.74) is 3.82. The molecule has 1 aromatic heterocycles. The maximum atomic E-state index is 13.5. The molecular weight excluding hydrogens is 652 g/mol. The van der Waals surface area contributed by atoms with E-state index in [-0.39, 0.29) is 24.1 Å². The summed E-state index contributed by atoms with van der Waals surface area (Å²) in [5.74, 6) is -0.309. The van der Waals surface area contributed by atoms with Gasteiger partial charge in [-0.15, -0.1) is 0 Å². The monoisotopic (exact) mass is 668 g/mol. The van der Waals surface area contributed by atoms with Gasteiger partial charge in [0.25, 0.3) is 11.5 Å². The lowest BCUT2D eigenvalue weighted by molar-refractivity contribution is -0.133. The Morgan fingerprint density at radius 1 is 0.833 bits per heavy atom. The molecule has 0 aliphatic carbocycles. The van der Waals surface area contributed by atoms with Crippen LogP contribution in [-0.4, -0.2) is 26.4 Å². The lowest BCUT2D eigenvalue weighted by Gasteiger charge is -2.22. The molecule has 0 N–H and O–H groups in total. The number of amides is 1. The zero-order valence-corrected chi connectivity index (χ0v) is 23.6. The fraction of sp³-hybridized carbons (Fsp3) is 0.111. The summed E-state index contributed by atoms with van der Waals surface area (Å²) >= 11 is 10.4. The number of carbonyl (C=O) groups excluding carboxylic acids is 1. The van der Waals surface area contributed by atoms with Gasteiger partial charge in [-0.05, 0) is 53.6 Å². The highest BCUT2D eigenvalue weighted by molar-refractivity contribution is 9.11. The van der Waals surface area contributed by atoms with Crippen LogP contribution in [0.25, 0.3) is 11.3 Å². The van der Waals surface area contributed by atoms with Crippen LogP contribution in [0.15, 0.2) is 108 Å². The van der Waals surface area contributed by atoms with Gasteiger partial charge in [0.1, 0.15) is 6.54 Å². The molecule has 0 saturated carbocycles. The molecular formula is C27H19Br3N4O2. The molecule has 1 aliphatic rings. The Bertz CT molecular complexity index is 1520. The Labute approximate surface area is 233 Å². The van der Waals surface area contributed by atoms with Crippen LogP contribution in [0.3, 0.4) is 0 Å². The third kappa shape index (κ3) is 5.43. The SMILES string of the molecule is O=C(Cn1nc(-c2cccc(Br)c2)ccc1=O)N1N=C(c2ccc(Br)cc2)CC1c1ccc(Br)cc1. The van der Waals surface area contributed by atoms with Crippen molar-refractivity contribution in [2.75, 3.05) is 0 Å². The van der Waals surface area contributed by atoms with Crippen LogP contribution in [0.2, 0.25) is 0 Å². The summed E-state index contributed by atoms with van der Waals surface area (Å²) in [6, 6.07) is 26.2. The van der Waals surface area contributed by atoms with Crippen LogP contribution in [0, 0.1) is 0 Å². The lowest BCUT2D eigenvalue weighted by Crippen LogP contribution is -2.34. The van der Waals surface area contributed by atoms with E-state index in [4.69, 9.17) is 5.10 Å². The van der Waals surface area contributed by atoms with Crippen LogP contribution in [0.1, 0.15) is 23.6 Å². The summed E-state index contributed by atoms with van der Waals surface area (Å²) in [7, 11) is 0. The topological polar surface area (TPSA) is 67.6 Å². The van der Waals surface area contributed by atoms with Crippen LogP contribution in [0.5, 0.6) is 0 Å². The molecule has 6 nitrogen and oxygen atoms in total. The highest BCUT2D eigenvalue weighted by atomic mass is 79.9. The molecule has 1 amide bonds. The number of carbonyl (C=O) groups is 1. The van der Waals surface area contributed by atoms with Crippen LogP contribution >= 0.6 is 47.8 Å². The van der Waals surface area contributed by atoms with E-state index in [2.05, 4.69) is 52.9 Å². The van der Waals surface area contributed by atoms with E-state index in [1.165, 1.54) is 15.8 Å². The molecule has 9 heteroatoms. The van der Waals surface area contributed by atoms with Crippen molar-refractivity contribution in [3.05, 3.63) is 120 Å². The number of nitrogens with zero attached hydrogens (tertiary/aromatic N) is 4. The number of hydrogen-bond acceptors (Lipinski definition) is 4. The van der Waals surface area contributed by atoms with Gasteiger partial charge in [0.05, 0.1) is 17.4 Å². The summed E-state index contributed by atoms with van der Waals surface area (Å²) in [6.45, 7) is -0.217. The van der Waals surface area contributed by atoms with Gasteiger partial charge < -0.3 is 0 Å². The quantitative estimate of drug-likeness (QED) is 0.241. The van der Waals surface area contributed by atoms with Gasteiger partial charge in [0.2, 0.25) is 0 Å². The first-order chi connectivity index (χ1) is 17.4. The molecule has 3 aromatic carbocycles. The van der Waals surface area contributed by atoms with Gasteiger partial charge in [-0.2, -0.15) is 10.2 Å². The predicted molar refractivity (Wildman–Crippen MR) is 151 cm³/mol. The minimum Gasteiger partial charge on any atom is -0.271 e. The Balaban J connectivity index is 1.47. The maximum Gasteiger partial charge on any atom is 0.267 e. The Kier molecular flexibility index (Phi) is 7.32. The zero-order chi connectivity index (χ0) is 25.2. The molecule has 180 valence electrons. The molecule has 5 rings (SSSR count). The number of hydrazone groups is 1. The zero-order valence-electron chi connectivity index (χ0n) is 18.8. The summed E-state index contributed by atoms with van der Waals surface area (Å²) in [6.07, 6.45) is 0.565. The third-order valence-electron chi connectivity index (χ3n) is 5.87. The predicted octanol–water partition coefficient (Wildman–Crippen LogP) is 6.58. The van der Waals surface area contributed by atoms with Crippen molar-refractivity contribution in [2.24, 2.45) is 5.10 Å². The second kappa shape index (κ2) is 10.6. The fourth-order valence-electron chi connectivity index (χ4n) is 4.07. The minimum absolute atomic E-state index is 0.217. The second-order valence-corrected chi connectivity index (χ2v) is 11.0. The van der Waals surface area contributed by atoms with Crippen molar-refractivity contribution in [1.82, 2.24) is 14.8 Å². The Hall–Kier alpha value is -2.88. The number of aromatic nitrogens is 2. The van der Waals surface area contributed by atoms with Crippen LogP contribution in [-0.2, 0) is 11.3 Å². The van der Waals surface area contributed by atoms with Gasteiger partial charge in [0, 0.05) is 31.5 Å². The van der Waals surface area contributed by atoms with Crippen molar-refractivity contribution in [2.45, 2.75) is 19.0 Å². The average Bonchev–Trinajstić information content (AvgIpc) is 3.32. The van der Waals surface area contributed by atoms with E-state index in [0.717, 1.165) is 35.8 Å². The van der Waals surface area contributed by atoms with Gasteiger partial charge in [0.15, 0.2) is 0 Å². The largest absolute Gasteiger partial charge is 0.271 e. The molecule has 4 aromatic rings. The molecule has 0 radical (unpaired) electrons. The average molecular weight is 671 g/mol. The summed E-state index contributed by atoms with van der Waals surface area (Å²) in [4.78, 5) is 26.1. The molecule has 1 aliphatic heterocycles. The van der Waals surface area contributed by atoms with Crippen molar-refractivity contribution in [3.63, 3.8) is 0 Å². The van der Waals surface area contributed by atoms with Crippen molar-refractivity contribution in [1.29, 1.82) is 0 Å². The van der Waals surface area contributed by atoms with E-state index >= 15 is 0 Å². The Morgan fingerprint density at radius 2 is 1.53 bits per heavy atom. The standard InChI is InChI=1S/C27H19Br3N4O2/c28-20-8-4-17(5-9-20)24-15-25(18-6-10-21(29)11-7-18)34(32-24)27(36)16-33-26(35)13-12-23(31-33)19-2-1-3-22(30)14-19/h1-14,25H,15-16H2. The molecule has 0 spiro atoms. The van der Waals surface area contributed by atoms with Gasteiger partial charge in [-0.1, -0.05) is 84.2 Å². The lowest BCUT2D eigenvalue weighted by atomic mass is 9.98. The van der Waals surface area contributed by atoms with E-state index < -0.39 is 0 Å². The molecule has 36 heavy (non-hydrogen) atoms. The first kappa shape index (κ1) is 24.8. The van der Waals surface area contributed by atoms with E-state index in [0.29, 0.717) is 12.1 Å². The molecule has 0 bridgehead atoms. The molecule has 0 saturated heterocycles. The third-order valence-corrected chi connectivity index (χ3v) is 7.42. The normalized spacial score (nSPS) is 15.1. The van der Waals surface area contributed by atoms with Crippen molar-refractivity contribution in [3.8, 4) is 11.3 Å². The van der Waals surface area contributed by atoms with E-state index in [1.54, 1.807) is 6.07 Å². The summed E-state index contributed by atoms with van der Waals surface area (Å²) < 4.78 is 4.03. The summed E-state index contributed by atoms with van der Waals surface area (Å²) in [5, 5.41) is 10.7. The van der Waals surface area contributed by atoms with Crippen LogP contribution in [0.4, 0.5) is 0 Å². The van der Waals surface area contributed by atoms with Crippen molar-refractivity contribution < 1.29 is 4.79 Å². The highest BCUT2D eigenvalue weighted by Gasteiger charge is 2.33. The fourth-order valence-corrected chi connectivity index (χ4v) is 4.99. The van der Waals surface area contributed by atoms with E-state index in [9.17, 15) is 9.59 Å². The van der Waals surface area contributed by atoms with Crippen LogP contribution < -0.4 is 5.56 Å². The number of rotatable bonds is 5. The number of halogens is 3. The molecule has 1 unspecified atom stereocenters. The minimum atomic E-state index is -0.349. The second-order valence-electron chi connectivity index (χ2n) is 8.29. The molecule has 1 atom stereocenters. The maximum absolute atomic E-state index is 13.5. The molecule has 0 fully saturated rings. The Morgan fingerprint density at radius 3 is 2.22 bits per heavy atom. The van der Waals surface area contributed by atoms with Gasteiger partial charge in [-0.3, -0.25) is 9.59 Å². The highest BCUT2D eigenvalue weighted by Crippen LogP contribution is 2.34. The van der Waals surface area contributed by atoms with Gasteiger partial charge in [-0.25, -0.2) is 9.69 Å². The van der Waals surface area contributed by atoms with E-state index in [1.807, 2.05) is 72.8 Å². The first-order valence-corrected chi connectivity index (χ1v) is 13.5. The smallest absolute Gasteiger partial charge is 0.267 e.